The highest BCUT2D eigenvalue weighted by Gasteiger charge is 2.34. The summed E-state index contributed by atoms with van der Waals surface area (Å²) in [5.41, 5.74) is -0.674. The van der Waals surface area contributed by atoms with Crippen LogP contribution in [-0.4, -0.2) is 25.1 Å². The standard InChI is InChI=1S/C17H23F3N2O3S/c1-17(2,3)26(24,25)22-12-6-4-10(5-7-12)16(23)21-15-13(19)8-11(18)9-14(15)20/h8-10,12,22H,4-7H2,1-3H3,(H,21,23)/t10-,12-. The molecule has 146 valence electrons. The minimum absolute atomic E-state index is 0.275. The smallest absolute Gasteiger partial charge is 0.227 e. The molecule has 0 aliphatic heterocycles. The van der Waals surface area contributed by atoms with E-state index in [1.165, 1.54) is 0 Å². The van der Waals surface area contributed by atoms with Crippen molar-refractivity contribution in [2.75, 3.05) is 5.32 Å². The van der Waals surface area contributed by atoms with Crippen molar-refractivity contribution in [3.63, 3.8) is 0 Å². The summed E-state index contributed by atoms with van der Waals surface area (Å²) in [6, 6.07) is 0.718. The van der Waals surface area contributed by atoms with Crippen LogP contribution in [0.25, 0.3) is 0 Å². The molecule has 5 nitrogen and oxygen atoms in total. The first kappa shape index (κ1) is 20.7. The third-order valence-electron chi connectivity index (χ3n) is 4.48. The van der Waals surface area contributed by atoms with Gasteiger partial charge in [-0.25, -0.2) is 26.3 Å². The highest BCUT2D eigenvalue weighted by molar-refractivity contribution is 7.90. The molecule has 1 amide bonds. The number of halogens is 3. The zero-order valence-corrected chi connectivity index (χ0v) is 15.7. The molecule has 1 aromatic rings. The monoisotopic (exact) mass is 392 g/mol. The van der Waals surface area contributed by atoms with Crippen molar-refractivity contribution in [2.45, 2.75) is 57.2 Å². The minimum Gasteiger partial charge on any atom is -0.321 e. The largest absolute Gasteiger partial charge is 0.321 e. The fourth-order valence-electron chi connectivity index (χ4n) is 2.76. The van der Waals surface area contributed by atoms with E-state index in [-0.39, 0.29) is 6.04 Å². The molecule has 0 heterocycles. The van der Waals surface area contributed by atoms with Gasteiger partial charge in [0.15, 0.2) is 11.6 Å². The first-order chi connectivity index (χ1) is 11.9. The Hall–Kier alpha value is -1.61. The van der Waals surface area contributed by atoms with E-state index < -0.39 is 49.7 Å². The van der Waals surface area contributed by atoms with Crippen LogP contribution < -0.4 is 10.0 Å². The fraction of sp³-hybridized carbons (Fsp3) is 0.588. The van der Waals surface area contributed by atoms with Crippen LogP contribution in [-0.2, 0) is 14.8 Å². The molecule has 1 aliphatic rings. The van der Waals surface area contributed by atoms with Gasteiger partial charge < -0.3 is 5.32 Å². The summed E-state index contributed by atoms with van der Waals surface area (Å²) in [5, 5.41) is 2.17. The van der Waals surface area contributed by atoms with Crippen molar-refractivity contribution in [3.8, 4) is 0 Å². The van der Waals surface area contributed by atoms with Gasteiger partial charge in [-0.05, 0) is 46.5 Å². The quantitative estimate of drug-likeness (QED) is 0.825. The van der Waals surface area contributed by atoms with Crippen molar-refractivity contribution in [1.29, 1.82) is 0 Å². The number of carbonyl (C=O) groups excluding carboxylic acids is 1. The number of amides is 1. The van der Waals surface area contributed by atoms with Crippen molar-refractivity contribution < 1.29 is 26.4 Å². The normalized spacial score (nSPS) is 21.5. The summed E-state index contributed by atoms with van der Waals surface area (Å²) in [7, 11) is -3.48. The third kappa shape index (κ3) is 4.76. The topological polar surface area (TPSA) is 75.3 Å². The van der Waals surface area contributed by atoms with Crippen LogP contribution in [0.3, 0.4) is 0 Å². The van der Waals surface area contributed by atoms with E-state index >= 15 is 0 Å². The number of anilines is 1. The van der Waals surface area contributed by atoms with Crippen LogP contribution in [0.2, 0.25) is 0 Å². The van der Waals surface area contributed by atoms with E-state index in [1.807, 2.05) is 0 Å². The molecule has 0 unspecified atom stereocenters. The molecule has 0 atom stereocenters. The second-order valence-electron chi connectivity index (χ2n) is 7.52. The number of sulfonamides is 1. The fourth-order valence-corrected chi connectivity index (χ4v) is 3.78. The number of carbonyl (C=O) groups is 1. The maximum absolute atomic E-state index is 13.6. The SMILES string of the molecule is CC(C)(C)S(=O)(=O)N[C@H]1CC[C@H](C(=O)Nc2c(F)cc(F)cc2F)CC1. The van der Waals surface area contributed by atoms with Gasteiger partial charge in [0, 0.05) is 24.1 Å². The maximum atomic E-state index is 13.6. The van der Waals surface area contributed by atoms with Gasteiger partial charge in [-0.15, -0.1) is 0 Å². The number of hydrogen-bond acceptors (Lipinski definition) is 3. The molecule has 1 aliphatic carbocycles. The van der Waals surface area contributed by atoms with Gasteiger partial charge in [0.2, 0.25) is 15.9 Å². The molecular weight excluding hydrogens is 369 g/mol. The number of hydrogen-bond donors (Lipinski definition) is 2. The van der Waals surface area contributed by atoms with Crippen molar-refractivity contribution in [3.05, 3.63) is 29.6 Å². The summed E-state index contributed by atoms with van der Waals surface area (Å²) >= 11 is 0. The van der Waals surface area contributed by atoms with E-state index in [1.54, 1.807) is 20.8 Å². The zero-order valence-electron chi connectivity index (χ0n) is 14.9. The van der Waals surface area contributed by atoms with Gasteiger partial charge in [-0.2, -0.15) is 0 Å². The van der Waals surface area contributed by atoms with Gasteiger partial charge in [0.25, 0.3) is 0 Å². The van der Waals surface area contributed by atoms with Crippen LogP contribution in [0.1, 0.15) is 46.5 Å². The van der Waals surface area contributed by atoms with Crippen LogP contribution >= 0.6 is 0 Å². The van der Waals surface area contributed by atoms with Crippen LogP contribution in [0, 0.1) is 23.4 Å². The van der Waals surface area contributed by atoms with Crippen LogP contribution in [0.15, 0.2) is 12.1 Å². The maximum Gasteiger partial charge on any atom is 0.227 e. The summed E-state index contributed by atoms with van der Waals surface area (Å²) in [6.45, 7) is 4.79. The van der Waals surface area contributed by atoms with E-state index in [9.17, 15) is 26.4 Å². The number of nitrogens with one attached hydrogen (secondary N) is 2. The summed E-state index contributed by atoms with van der Waals surface area (Å²) in [4.78, 5) is 12.2. The predicted molar refractivity (Wildman–Crippen MR) is 92.5 cm³/mol. The Morgan fingerprint density at radius 1 is 1.04 bits per heavy atom. The van der Waals surface area contributed by atoms with Crippen LogP contribution in [0.5, 0.6) is 0 Å². The van der Waals surface area contributed by atoms with Crippen LogP contribution in [0.4, 0.5) is 18.9 Å². The predicted octanol–water partition coefficient (Wildman–Crippen LogP) is 3.32. The van der Waals surface area contributed by atoms with Gasteiger partial charge >= 0.3 is 0 Å². The average Bonchev–Trinajstić information content (AvgIpc) is 2.50. The Morgan fingerprint density at radius 2 is 1.54 bits per heavy atom. The van der Waals surface area contributed by atoms with Crippen molar-refractivity contribution in [1.82, 2.24) is 4.72 Å². The van der Waals surface area contributed by atoms with Crippen molar-refractivity contribution in [2.24, 2.45) is 5.92 Å². The molecule has 0 saturated heterocycles. The molecule has 2 N–H and O–H groups in total. The zero-order chi connectivity index (χ0) is 19.7. The summed E-state index contributed by atoms with van der Waals surface area (Å²) in [5.74, 6) is -4.48. The molecule has 0 bridgehead atoms. The summed E-state index contributed by atoms with van der Waals surface area (Å²) < 4.78 is 66.2. The lowest BCUT2D eigenvalue weighted by atomic mass is 9.86. The lowest BCUT2D eigenvalue weighted by Gasteiger charge is -2.30. The second kappa shape index (κ2) is 7.56. The minimum atomic E-state index is -3.48. The Bertz CT molecular complexity index is 760. The first-order valence-corrected chi connectivity index (χ1v) is 9.86. The molecule has 9 heteroatoms. The molecular formula is C17H23F3N2O3S. The second-order valence-corrected chi connectivity index (χ2v) is 9.98. The van der Waals surface area contributed by atoms with E-state index in [2.05, 4.69) is 10.0 Å². The first-order valence-electron chi connectivity index (χ1n) is 8.38. The van der Waals surface area contributed by atoms with E-state index in [0.717, 1.165) is 0 Å². The van der Waals surface area contributed by atoms with Gasteiger partial charge in [0.1, 0.15) is 11.5 Å². The molecule has 26 heavy (non-hydrogen) atoms. The highest BCUT2D eigenvalue weighted by Crippen LogP contribution is 2.28. The number of rotatable bonds is 4. The molecule has 1 fully saturated rings. The van der Waals surface area contributed by atoms with Gasteiger partial charge in [-0.3, -0.25) is 4.79 Å². The third-order valence-corrected chi connectivity index (χ3v) is 6.74. The van der Waals surface area contributed by atoms with Gasteiger partial charge in [0.05, 0.1) is 4.75 Å². The van der Waals surface area contributed by atoms with Crippen molar-refractivity contribution >= 4 is 21.6 Å². The molecule has 0 aromatic heterocycles. The molecule has 1 aromatic carbocycles. The summed E-state index contributed by atoms with van der Waals surface area (Å²) in [6.07, 6.45) is 1.66. The van der Waals surface area contributed by atoms with E-state index in [0.29, 0.717) is 37.8 Å². The lowest BCUT2D eigenvalue weighted by molar-refractivity contribution is -0.120. The molecule has 0 radical (unpaired) electrons. The Labute approximate surface area is 151 Å². The molecule has 2 rings (SSSR count). The molecule has 0 spiro atoms. The Morgan fingerprint density at radius 3 is 2.00 bits per heavy atom. The van der Waals surface area contributed by atoms with Gasteiger partial charge in [-0.1, -0.05) is 0 Å². The average molecular weight is 392 g/mol. The van der Waals surface area contributed by atoms with E-state index in [4.69, 9.17) is 0 Å². The Balaban J connectivity index is 1.95. The highest BCUT2D eigenvalue weighted by atomic mass is 32.2. The molecule has 1 saturated carbocycles. The number of benzene rings is 1. The Kier molecular flexibility index (Phi) is 6.02. The lowest BCUT2D eigenvalue weighted by Crippen LogP contribution is -2.46.